The fourth-order valence-corrected chi connectivity index (χ4v) is 3.83. The first kappa shape index (κ1) is 16.5. The minimum absolute atomic E-state index is 0.115. The molecule has 1 unspecified atom stereocenters. The number of H-pyrrole nitrogens is 1. The minimum atomic E-state index is -0.666. The van der Waals surface area contributed by atoms with E-state index in [-0.39, 0.29) is 24.7 Å². The summed E-state index contributed by atoms with van der Waals surface area (Å²) in [5.74, 6) is -1.02. The van der Waals surface area contributed by atoms with E-state index in [2.05, 4.69) is 20.8 Å². The van der Waals surface area contributed by atoms with Crippen LogP contribution in [0, 0.1) is 0 Å². The van der Waals surface area contributed by atoms with Crippen molar-refractivity contribution in [2.75, 3.05) is 0 Å². The first-order valence-corrected chi connectivity index (χ1v) is 9.12. The van der Waals surface area contributed by atoms with Gasteiger partial charge in [0.15, 0.2) is 0 Å². The number of carbonyl (C=O) groups is 3. The number of thiophene rings is 1. The summed E-state index contributed by atoms with van der Waals surface area (Å²) in [5, 5.41) is 15.3. The maximum atomic E-state index is 12.4. The lowest BCUT2D eigenvalue weighted by atomic mass is 10.0. The molecular weight excluding hydrogens is 352 g/mol. The second-order valence-electron chi connectivity index (χ2n) is 6.14. The highest BCUT2D eigenvalue weighted by Crippen LogP contribution is 2.31. The van der Waals surface area contributed by atoms with Gasteiger partial charge >= 0.3 is 0 Å². The summed E-state index contributed by atoms with van der Waals surface area (Å²) >= 11 is 1.62. The topological polar surface area (TPSA) is 104 Å². The molecule has 7 nitrogen and oxygen atoms in total. The normalized spacial score (nSPS) is 17.3. The molecule has 0 bridgehead atoms. The molecule has 8 heteroatoms. The SMILES string of the molecule is O=C1CCC(NC(=O)Cc2cccc3c(-c4cccs4)[nH]nc23)C(=O)N1. The van der Waals surface area contributed by atoms with E-state index in [9.17, 15) is 14.4 Å². The molecule has 1 aromatic carbocycles. The molecule has 1 fully saturated rings. The number of carbonyl (C=O) groups excluding carboxylic acids is 3. The Bertz CT molecular complexity index is 993. The van der Waals surface area contributed by atoms with E-state index >= 15 is 0 Å². The van der Waals surface area contributed by atoms with E-state index in [4.69, 9.17) is 0 Å². The monoisotopic (exact) mass is 368 g/mol. The summed E-state index contributed by atoms with van der Waals surface area (Å²) in [5.41, 5.74) is 2.46. The number of imide groups is 1. The fourth-order valence-electron chi connectivity index (χ4n) is 3.10. The Hall–Kier alpha value is -3.00. The van der Waals surface area contributed by atoms with Crippen molar-refractivity contribution in [2.45, 2.75) is 25.3 Å². The Morgan fingerprint density at radius 3 is 2.92 bits per heavy atom. The van der Waals surface area contributed by atoms with Gasteiger partial charge in [0.25, 0.3) is 0 Å². The predicted octanol–water partition coefficient (Wildman–Crippen LogP) is 1.76. The lowest BCUT2D eigenvalue weighted by Gasteiger charge is -2.21. The van der Waals surface area contributed by atoms with Gasteiger partial charge in [0, 0.05) is 11.8 Å². The Morgan fingerprint density at radius 1 is 1.27 bits per heavy atom. The molecule has 1 aliphatic rings. The number of benzene rings is 1. The van der Waals surface area contributed by atoms with Crippen LogP contribution >= 0.6 is 11.3 Å². The third kappa shape index (κ3) is 3.11. The van der Waals surface area contributed by atoms with Gasteiger partial charge in [0.1, 0.15) is 6.04 Å². The summed E-state index contributed by atoms with van der Waals surface area (Å²) in [6.45, 7) is 0. The van der Waals surface area contributed by atoms with Crippen molar-refractivity contribution in [2.24, 2.45) is 0 Å². The maximum absolute atomic E-state index is 12.4. The molecule has 0 saturated carbocycles. The Kier molecular flexibility index (Phi) is 4.26. The molecule has 3 N–H and O–H groups in total. The molecular formula is C18H16N4O3S. The number of para-hydroxylation sites is 1. The molecule has 3 aromatic rings. The van der Waals surface area contributed by atoms with Crippen molar-refractivity contribution >= 4 is 40.0 Å². The maximum Gasteiger partial charge on any atom is 0.249 e. The van der Waals surface area contributed by atoms with Crippen LogP contribution in [-0.2, 0) is 20.8 Å². The molecule has 26 heavy (non-hydrogen) atoms. The van der Waals surface area contributed by atoms with Gasteiger partial charge in [0.05, 0.1) is 22.5 Å². The summed E-state index contributed by atoms with van der Waals surface area (Å²) in [4.78, 5) is 36.4. The number of nitrogens with zero attached hydrogens (tertiary/aromatic N) is 1. The zero-order chi connectivity index (χ0) is 18.1. The number of fused-ring (bicyclic) bond motifs is 1. The molecule has 0 spiro atoms. The van der Waals surface area contributed by atoms with Crippen LogP contribution < -0.4 is 10.6 Å². The Morgan fingerprint density at radius 2 is 2.15 bits per heavy atom. The van der Waals surface area contributed by atoms with Crippen molar-refractivity contribution in [1.29, 1.82) is 0 Å². The quantitative estimate of drug-likeness (QED) is 0.610. The number of amides is 3. The van der Waals surface area contributed by atoms with Crippen molar-refractivity contribution in [3.8, 4) is 10.6 Å². The van der Waals surface area contributed by atoms with Gasteiger partial charge in [-0.3, -0.25) is 24.8 Å². The number of rotatable bonds is 4. The van der Waals surface area contributed by atoms with Crippen LogP contribution in [0.2, 0.25) is 0 Å². The summed E-state index contributed by atoms with van der Waals surface area (Å²) in [7, 11) is 0. The van der Waals surface area contributed by atoms with E-state index in [1.54, 1.807) is 11.3 Å². The summed E-state index contributed by atoms with van der Waals surface area (Å²) in [6, 6.07) is 9.04. The highest BCUT2D eigenvalue weighted by atomic mass is 32.1. The van der Waals surface area contributed by atoms with Gasteiger partial charge in [-0.05, 0) is 23.4 Å². The predicted molar refractivity (Wildman–Crippen MR) is 97.4 cm³/mol. The van der Waals surface area contributed by atoms with Crippen LogP contribution in [0.5, 0.6) is 0 Å². The highest BCUT2D eigenvalue weighted by molar-refractivity contribution is 7.13. The Balaban J connectivity index is 1.53. The van der Waals surface area contributed by atoms with Crippen molar-refractivity contribution in [1.82, 2.24) is 20.8 Å². The number of aromatic nitrogens is 2. The van der Waals surface area contributed by atoms with Gasteiger partial charge in [-0.25, -0.2) is 0 Å². The Labute approximate surface area is 152 Å². The van der Waals surface area contributed by atoms with Crippen molar-refractivity contribution in [3.05, 3.63) is 41.3 Å². The number of hydrogen-bond donors (Lipinski definition) is 3. The number of piperidine rings is 1. The van der Waals surface area contributed by atoms with Crippen LogP contribution in [-0.4, -0.2) is 34.0 Å². The molecule has 3 amide bonds. The number of hydrogen-bond acceptors (Lipinski definition) is 5. The van der Waals surface area contributed by atoms with Crippen LogP contribution in [0.4, 0.5) is 0 Å². The fraction of sp³-hybridized carbons (Fsp3) is 0.222. The summed E-state index contributed by atoms with van der Waals surface area (Å²) in [6.07, 6.45) is 0.672. The van der Waals surface area contributed by atoms with Gasteiger partial charge in [-0.15, -0.1) is 11.3 Å². The first-order chi connectivity index (χ1) is 12.6. The minimum Gasteiger partial charge on any atom is -0.344 e. The van der Waals surface area contributed by atoms with E-state index in [1.165, 1.54) is 0 Å². The van der Waals surface area contributed by atoms with Crippen LogP contribution in [0.25, 0.3) is 21.5 Å². The van der Waals surface area contributed by atoms with Gasteiger partial charge < -0.3 is 5.32 Å². The molecule has 2 aromatic heterocycles. The number of aromatic amines is 1. The molecule has 4 rings (SSSR count). The zero-order valence-electron chi connectivity index (χ0n) is 13.7. The van der Waals surface area contributed by atoms with Crippen molar-refractivity contribution in [3.63, 3.8) is 0 Å². The molecule has 0 radical (unpaired) electrons. The van der Waals surface area contributed by atoms with Crippen LogP contribution in [0.15, 0.2) is 35.7 Å². The highest BCUT2D eigenvalue weighted by Gasteiger charge is 2.28. The van der Waals surface area contributed by atoms with Gasteiger partial charge in [0.2, 0.25) is 17.7 Å². The molecule has 0 aliphatic carbocycles. The second kappa shape index (κ2) is 6.72. The van der Waals surface area contributed by atoms with E-state index in [1.807, 2.05) is 35.7 Å². The van der Waals surface area contributed by atoms with Crippen molar-refractivity contribution < 1.29 is 14.4 Å². The van der Waals surface area contributed by atoms with Crippen LogP contribution in [0.3, 0.4) is 0 Å². The third-order valence-electron chi connectivity index (χ3n) is 4.36. The molecule has 1 atom stereocenters. The molecule has 132 valence electrons. The average molecular weight is 368 g/mol. The molecule has 1 aliphatic heterocycles. The molecule has 1 saturated heterocycles. The third-order valence-corrected chi connectivity index (χ3v) is 5.25. The lowest BCUT2D eigenvalue weighted by molar-refractivity contribution is -0.137. The lowest BCUT2D eigenvalue weighted by Crippen LogP contribution is -2.52. The smallest absolute Gasteiger partial charge is 0.249 e. The summed E-state index contributed by atoms with van der Waals surface area (Å²) < 4.78 is 0. The standard InChI is InChI=1S/C18H16N4O3S/c23-14-7-6-12(18(25)20-14)19-15(24)9-10-3-1-4-11-16(10)21-22-17(11)13-5-2-8-26-13/h1-5,8,12H,6-7,9H2,(H,19,24)(H,21,22)(H,20,23,25). The van der Waals surface area contributed by atoms with Crippen LogP contribution in [0.1, 0.15) is 18.4 Å². The average Bonchev–Trinajstić information content (AvgIpc) is 3.26. The van der Waals surface area contributed by atoms with Gasteiger partial charge in [-0.2, -0.15) is 5.10 Å². The van der Waals surface area contributed by atoms with E-state index in [0.717, 1.165) is 27.0 Å². The number of nitrogens with one attached hydrogen (secondary N) is 3. The zero-order valence-corrected chi connectivity index (χ0v) is 14.6. The molecule has 3 heterocycles. The van der Waals surface area contributed by atoms with E-state index in [0.29, 0.717) is 6.42 Å². The largest absolute Gasteiger partial charge is 0.344 e. The second-order valence-corrected chi connectivity index (χ2v) is 7.08. The van der Waals surface area contributed by atoms with E-state index < -0.39 is 11.9 Å². The first-order valence-electron chi connectivity index (χ1n) is 8.25. The van der Waals surface area contributed by atoms with Gasteiger partial charge in [-0.1, -0.05) is 24.3 Å².